The zero-order valence-corrected chi connectivity index (χ0v) is 58.6. The largest absolute Gasteiger partial charge is 0.480 e. The molecule has 27 heteroatoms. The summed E-state index contributed by atoms with van der Waals surface area (Å²) in [4.78, 5) is 149. The Kier molecular flexibility index (Phi) is 33.3. The lowest BCUT2D eigenvalue weighted by atomic mass is 9.90. The van der Waals surface area contributed by atoms with Crippen LogP contribution in [0, 0.1) is 17.8 Å². The molecule has 538 valence electrons. The second-order valence-corrected chi connectivity index (χ2v) is 25.7. The molecule has 0 saturated carbocycles. The number of carboxylic acid groups (broad SMARTS) is 1. The third-order valence-electron chi connectivity index (χ3n) is 18.2. The van der Waals surface area contributed by atoms with Gasteiger partial charge in [-0.3, -0.25) is 57.9 Å². The molecule has 0 aromatic heterocycles. The van der Waals surface area contributed by atoms with Crippen molar-refractivity contribution in [3.05, 3.63) is 108 Å². The van der Waals surface area contributed by atoms with E-state index >= 15 is 0 Å². The summed E-state index contributed by atoms with van der Waals surface area (Å²) in [5.41, 5.74) is 8.63. The number of amides is 11. The molecule has 0 aliphatic carbocycles. The summed E-state index contributed by atoms with van der Waals surface area (Å²) in [6.45, 7) is 10.9. The molecular weight excluding hydrogens is 1260 g/mol. The number of carboxylic acids is 1. The fourth-order valence-corrected chi connectivity index (χ4v) is 12.5. The van der Waals surface area contributed by atoms with Gasteiger partial charge in [-0.05, 0) is 117 Å². The minimum atomic E-state index is -1.05. The minimum Gasteiger partial charge on any atom is -0.480 e. The maximum atomic E-state index is 14.3. The topological polar surface area (TPSA) is 350 Å². The van der Waals surface area contributed by atoms with Crippen LogP contribution in [-0.4, -0.2) is 214 Å². The number of likely N-dealkylation sites (tertiary alicyclic amines) is 1. The van der Waals surface area contributed by atoms with Crippen molar-refractivity contribution in [2.75, 3.05) is 91.4 Å². The van der Waals surface area contributed by atoms with Gasteiger partial charge >= 0.3 is 18.1 Å². The van der Waals surface area contributed by atoms with Crippen LogP contribution in [0.4, 0.5) is 21.0 Å². The SMILES string of the molecule is CC[C@H](C)[C@@H]([C@@H](CC(=O)N1CCC[C@H]1[C@H](OC)[C@@H](C)CN[C@@H](Cc1ccccc1)C(=O)O)OC)N(C)C(=O)CNC(=O)C(C(C)C)N(C)CCc1ccc(N(C)C(=O)OCc2ccc(NC(=O)[C@H](CCCNC(N)=O)NC(=O)CNC(=O)CCCCCN3C(=O)C=CC3=O)cc2)cc1. The Labute approximate surface area is 576 Å². The molecule has 3 aromatic rings. The minimum absolute atomic E-state index is 0.0107. The molecule has 1 saturated heterocycles. The Morgan fingerprint density at radius 3 is 2.03 bits per heavy atom. The predicted octanol–water partition coefficient (Wildman–Crippen LogP) is 4.75. The molecule has 5 rings (SSSR count). The first-order valence-electron chi connectivity index (χ1n) is 33.9. The zero-order valence-electron chi connectivity index (χ0n) is 58.6. The number of nitrogens with one attached hydrogen (secondary N) is 6. The molecule has 9 atom stereocenters. The highest BCUT2D eigenvalue weighted by atomic mass is 16.6. The summed E-state index contributed by atoms with van der Waals surface area (Å²) < 4.78 is 17.7. The van der Waals surface area contributed by atoms with Crippen LogP contribution in [-0.2, 0) is 76.8 Å². The summed E-state index contributed by atoms with van der Waals surface area (Å²) in [6, 6.07) is 19.5. The van der Waals surface area contributed by atoms with Crippen LogP contribution in [0.15, 0.2) is 91.0 Å². The van der Waals surface area contributed by atoms with Gasteiger partial charge in [0.2, 0.25) is 35.4 Å². The van der Waals surface area contributed by atoms with E-state index in [0.717, 1.165) is 28.9 Å². The van der Waals surface area contributed by atoms with Crippen LogP contribution < -0.4 is 42.5 Å². The standard InChI is InChI=1S/C71H104N12O15/c1-11-47(4)65(57(96-9)41-62(88)82-38-19-23-56(82)66(97-10)48(5)42-74-55(69(92)93)40-50-20-14-12-15-21-50)81(8)63(89)44-76-68(91)64(46(2)3)79(6)39-35-49-27-31-53(32-28-49)80(7)71(95)98-45-51-25-29-52(30-26-51)77-67(90)54(22-18-36-73-70(72)94)78-59(85)43-75-58(84)24-16-13-17-37-83-60(86)33-34-61(83)87/h12,14-15,20-21,25-34,46-48,54-57,64-66,74H,11,13,16-19,22-24,35-45H2,1-10H3,(H,75,84)(H,76,91)(H,77,90)(H,78,85)(H,92,93)(H3,72,73,94)/t47-,48-,54-,55-,56-,57+,64?,65-,66+/m0/s1. The van der Waals surface area contributed by atoms with Gasteiger partial charge in [0.1, 0.15) is 18.7 Å². The molecule has 2 aliphatic rings. The van der Waals surface area contributed by atoms with Gasteiger partial charge in [0, 0.05) is 91.0 Å². The number of imide groups is 1. The number of urea groups is 1. The third kappa shape index (κ3) is 25.3. The number of methoxy groups -OCH3 is 2. The first-order chi connectivity index (χ1) is 46.8. The number of carbonyl (C=O) groups is 11. The molecule has 0 radical (unpaired) electrons. The number of aliphatic carboxylic acids is 1. The summed E-state index contributed by atoms with van der Waals surface area (Å²) >= 11 is 0. The van der Waals surface area contributed by atoms with E-state index in [1.807, 2.05) is 93.9 Å². The number of carbonyl (C=O) groups excluding carboxylic acids is 10. The summed E-state index contributed by atoms with van der Waals surface area (Å²) in [7, 11) is 8.29. The average molecular weight is 1370 g/mol. The maximum absolute atomic E-state index is 14.3. The lowest BCUT2D eigenvalue weighted by molar-refractivity contribution is -0.144. The molecule has 27 nitrogen and oxygen atoms in total. The predicted molar refractivity (Wildman–Crippen MR) is 370 cm³/mol. The number of nitrogens with zero attached hydrogens (tertiary/aromatic N) is 5. The van der Waals surface area contributed by atoms with Gasteiger partial charge in [-0.1, -0.05) is 102 Å². The number of benzene rings is 3. The van der Waals surface area contributed by atoms with Gasteiger partial charge < -0.3 is 66.8 Å². The Morgan fingerprint density at radius 1 is 0.735 bits per heavy atom. The van der Waals surface area contributed by atoms with Crippen molar-refractivity contribution in [2.24, 2.45) is 23.5 Å². The molecule has 0 bridgehead atoms. The van der Waals surface area contributed by atoms with Crippen molar-refractivity contribution in [1.82, 2.24) is 46.2 Å². The van der Waals surface area contributed by atoms with Gasteiger partial charge in [-0.2, -0.15) is 0 Å². The van der Waals surface area contributed by atoms with E-state index in [9.17, 15) is 57.8 Å². The number of hydrogen-bond acceptors (Lipinski definition) is 16. The van der Waals surface area contributed by atoms with Gasteiger partial charge in [-0.25, -0.2) is 9.59 Å². The first-order valence-corrected chi connectivity index (χ1v) is 33.9. The van der Waals surface area contributed by atoms with Gasteiger partial charge in [0.05, 0.1) is 49.8 Å². The van der Waals surface area contributed by atoms with Crippen LogP contribution >= 0.6 is 0 Å². The van der Waals surface area contributed by atoms with Crippen molar-refractivity contribution in [1.29, 1.82) is 0 Å². The van der Waals surface area contributed by atoms with E-state index < -0.39 is 66.7 Å². The average Bonchev–Trinajstić information content (AvgIpc) is 1.57. The Bertz CT molecular complexity index is 3140. The third-order valence-corrected chi connectivity index (χ3v) is 18.2. The normalized spacial score (nSPS) is 16.1. The fourth-order valence-electron chi connectivity index (χ4n) is 12.5. The lowest BCUT2D eigenvalue weighted by Gasteiger charge is -2.39. The zero-order chi connectivity index (χ0) is 72.0. The summed E-state index contributed by atoms with van der Waals surface area (Å²) in [5.74, 6) is -4.33. The van der Waals surface area contributed by atoms with Crippen molar-refractivity contribution >= 4 is 76.7 Å². The highest BCUT2D eigenvalue weighted by molar-refractivity contribution is 6.12. The van der Waals surface area contributed by atoms with E-state index in [1.54, 1.807) is 69.6 Å². The second-order valence-electron chi connectivity index (χ2n) is 25.7. The number of primary amides is 1. The Balaban J connectivity index is 1.06. The molecule has 9 N–H and O–H groups in total. The van der Waals surface area contributed by atoms with Crippen LogP contribution in [0.5, 0.6) is 0 Å². The van der Waals surface area contributed by atoms with Crippen molar-refractivity contribution < 1.29 is 72.1 Å². The number of ether oxygens (including phenoxy) is 3. The van der Waals surface area contributed by atoms with E-state index in [2.05, 4.69) is 31.9 Å². The van der Waals surface area contributed by atoms with Crippen LogP contribution in [0.2, 0.25) is 0 Å². The number of unbranched alkanes of at least 4 members (excludes halogenated alkanes) is 2. The van der Waals surface area contributed by atoms with Crippen molar-refractivity contribution in [3.63, 3.8) is 0 Å². The lowest BCUT2D eigenvalue weighted by Crippen LogP contribution is -2.55. The maximum Gasteiger partial charge on any atom is 0.414 e. The van der Waals surface area contributed by atoms with Crippen molar-refractivity contribution in [3.8, 4) is 0 Å². The molecular formula is C71H104N12O15. The van der Waals surface area contributed by atoms with Crippen LogP contribution in [0.1, 0.15) is 116 Å². The number of anilines is 2. The second kappa shape index (κ2) is 40.8. The fraction of sp³-hybridized carbons (Fsp3) is 0.563. The molecule has 1 fully saturated rings. The van der Waals surface area contributed by atoms with Crippen LogP contribution in [0.3, 0.4) is 0 Å². The molecule has 11 amide bonds. The molecule has 2 heterocycles. The number of likely N-dealkylation sites (N-methyl/N-ethyl adjacent to an activating group) is 2. The van der Waals surface area contributed by atoms with Crippen LogP contribution in [0.25, 0.3) is 0 Å². The smallest absolute Gasteiger partial charge is 0.414 e. The molecule has 98 heavy (non-hydrogen) atoms. The highest BCUT2D eigenvalue weighted by Crippen LogP contribution is 2.30. The summed E-state index contributed by atoms with van der Waals surface area (Å²) in [6.07, 6.45) is 5.95. The van der Waals surface area contributed by atoms with E-state index in [0.29, 0.717) is 75.1 Å². The monoisotopic (exact) mass is 1360 g/mol. The number of hydrogen-bond donors (Lipinski definition) is 8. The van der Waals surface area contributed by atoms with E-state index in [1.165, 1.54) is 17.1 Å². The van der Waals surface area contributed by atoms with Crippen molar-refractivity contribution in [2.45, 2.75) is 161 Å². The van der Waals surface area contributed by atoms with E-state index in [4.69, 9.17) is 19.9 Å². The number of rotatable bonds is 42. The molecule has 0 spiro atoms. The molecule has 3 aromatic carbocycles. The van der Waals surface area contributed by atoms with Gasteiger partial charge in [-0.15, -0.1) is 0 Å². The Morgan fingerprint density at radius 2 is 1.41 bits per heavy atom. The molecule has 2 aliphatic heterocycles. The Hall–Kier alpha value is -8.79. The van der Waals surface area contributed by atoms with Gasteiger partial charge in [0.25, 0.3) is 11.8 Å². The highest BCUT2D eigenvalue weighted by Gasteiger charge is 2.41. The summed E-state index contributed by atoms with van der Waals surface area (Å²) in [5, 5.41) is 26.5. The quantitative estimate of drug-likeness (QED) is 0.0280. The van der Waals surface area contributed by atoms with E-state index in [-0.39, 0.29) is 117 Å². The molecule has 1 unspecified atom stereocenters. The van der Waals surface area contributed by atoms with Gasteiger partial charge in [0.15, 0.2) is 0 Å². The number of nitrogens with two attached hydrogens (primary N) is 1. The first kappa shape index (κ1) is 79.9.